The fourth-order valence-electron chi connectivity index (χ4n) is 1.83. The summed E-state index contributed by atoms with van der Waals surface area (Å²) < 4.78 is 12.3. The molecule has 5 heteroatoms. The number of hydrogen-bond donors (Lipinski definition) is 1. The monoisotopic (exact) mass is 231 g/mol. The van der Waals surface area contributed by atoms with Gasteiger partial charge in [0.05, 0.1) is 0 Å². The number of aromatic hydroxyl groups is 1. The Bertz CT molecular complexity index is 432. The van der Waals surface area contributed by atoms with Crippen molar-refractivity contribution in [3.05, 3.63) is 16.8 Å². The third kappa shape index (κ3) is 2.26. The van der Waals surface area contributed by atoms with E-state index in [1.54, 1.807) is 0 Å². The third-order valence-electron chi connectivity index (χ3n) is 2.89. The molecule has 1 aromatic heterocycles. The second kappa shape index (κ2) is 4.27. The van der Waals surface area contributed by atoms with Crippen LogP contribution in [-0.2, 0) is 22.7 Å². The van der Waals surface area contributed by atoms with Crippen molar-refractivity contribution in [1.82, 2.24) is 4.98 Å². The summed E-state index contributed by atoms with van der Waals surface area (Å²) >= 11 is 0.844. The Morgan fingerprint density at radius 2 is 1.81 bits per heavy atom. The second-order valence-electron chi connectivity index (χ2n) is 4.57. The number of nitrogens with zero attached hydrogens (tertiary/aromatic N) is 1. The van der Waals surface area contributed by atoms with Crippen molar-refractivity contribution < 1.29 is 14.6 Å². The van der Waals surface area contributed by atoms with E-state index in [0.717, 1.165) is 42.0 Å². The Kier molecular flexibility index (Phi) is 3.29. The van der Waals surface area contributed by atoms with Crippen molar-refractivity contribution in [3.8, 4) is 5.75 Å². The molecule has 0 aliphatic carbocycles. The zero-order valence-electron chi connectivity index (χ0n) is 10.1. The Morgan fingerprint density at radius 1 is 1.25 bits per heavy atom. The number of rotatable bonds is 0. The van der Waals surface area contributed by atoms with Crippen LogP contribution in [-0.4, -0.2) is 43.8 Å². The van der Waals surface area contributed by atoms with Crippen LogP contribution in [0.5, 0.6) is 5.75 Å². The molecule has 0 aromatic carbocycles. The average molecular weight is 231 g/mol. The number of hydrogen-bond acceptors (Lipinski definition) is 4. The maximum absolute atomic E-state index is 9.98. The zero-order chi connectivity index (χ0) is 11.9. The van der Waals surface area contributed by atoms with Gasteiger partial charge in [-0.25, -0.2) is 0 Å². The van der Waals surface area contributed by atoms with E-state index < -0.39 is 5.79 Å². The molecule has 1 aromatic rings. The molecule has 0 amide bonds. The average Bonchev–Trinajstić information content (AvgIpc) is 2.34. The summed E-state index contributed by atoms with van der Waals surface area (Å²) in [7, 11) is 0. The van der Waals surface area contributed by atoms with Gasteiger partial charge in [0.15, 0.2) is 0 Å². The van der Waals surface area contributed by atoms with Crippen LogP contribution in [0, 0.1) is 6.92 Å². The molecule has 1 N–H and O–H groups in total. The van der Waals surface area contributed by atoms with Crippen LogP contribution in [0.4, 0.5) is 0 Å². The maximum atomic E-state index is 9.98. The summed E-state index contributed by atoms with van der Waals surface area (Å²) in [6.45, 7) is 6.41. The minimum atomic E-state index is -0.604. The van der Waals surface area contributed by atoms with Gasteiger partial charge < -0.3 is 0 Å². The molecule has 0 bridgehead atoms. The molecule has 1 aliphatic rings. The zero-order valence-corrected chi connectivity index (χ0v) is 12.1. The van der Waals surface area contributed by atoms with Crippen molar-refractivity contribution in [1.29, 1.82) is 0 Å². The topological polar surface area (TPSA) is 51.6 Å². The molecular formula is C11H14NNaO3. The van der Waals surface area contributed by atoms with Gasteiger partial charge in [-0.2, -0.15) is 0 Å². The van der Waals surface area contributed by atoms with Crippen molar-refractivity contribution in [2.75, 3.05) is 0 Å². The number of fused-ring (bicyclic) bond motifs is 1. The molecule has 0 fully saturated rings. The van der Waals surface area contributed by atoms with Crippen LogP contribution in [0.1, 0.15) is 30.7 Å². The molecule has 0 radical (unpaired) electrons. The van der Waals surface area contributed by atoms with E-state index >= 15 is 0 Å². The van der Waals surface area contributed by atoms with Crippen LogP contribution in [0.25, 0.3) is 0 Å². The molecule has 0 spiro atoms. The van der Waals surface area contributed by atoms with Gasteiger partial charge in [-0.1, -0.05) is 0 Å². The van der Waals surface area contributed by atoms with Crippen molar-refractivity contribution >= 4 is 30.9 Å². The second-order valence-corrected chi connectivity index (χ2v) is 5.51. The Balaban J connectivity index is 2.49. The van der Waals surface area contributed by atoms with Crippen LogP contribution >= 0.6 is 0 Å². The van der Waals surface area contributed by atoms with Gasteiger partial charge >= 0.3 is 113 Å². The van der Waals surface area contributed by atoms with Crippen molar-refractivity contribution in [3.63, 3.8) is 0 Å². The van der Waals surface area contributed by atoms with E-state index in [0.29, 0.717) is 18.9 Å². The van der Waals surface area contributed by atoms with Crippen LogP contribution in [0.15, 0.2) is 0 Å². The fraction of sp³-hybridized carbons (Fsp3) is 0.545. The van der Waals surface area contributed by atoms with Gasteiger partial charge in [-0.15, -0.1) is 0 Å². The molecule has 0 saturated carbocycles. The Morgan fingerprint density at radius 3 is 2.44 bits per heavy atom. The van der Waals surface area contributed by atoms with Crippen LogP contribution in [0.3, 0.4) is 0 Å². The quantitative estimate of drug-likeness (QED) is 0.667. The first kappa shape index (κ1) is 12.3. The van der Waals surface area contributed by atoms with E-state index in [1.807, 2.05) is 20.8 Å². The third-order valence-corrected chi connectivity index (χ3v) is 3.72. The fourth-order valence-corrected chi connectivity index (χ4v) is 2.61. The van der Waals surface area contributed by atoms with Gasteiger partial charge in [0.25, 0.3) is 0 Å². The normalized spacial score (nSPS) is 19.1. The first-order chi connectivity index (χ1) is 7.41. The molecule has 2 heterocycles. The number of aryl methyl sites for hydroxylation is 1. The van der Waals surface area contributed by atoms with E-state index in [2.05, 4.69) is 4.98 Å². The predicted molar refractivity (Wildman–Crippen MR) is 59.7 cm³/mol. The van der Waals surface area contributed by atoms with E-state index in [1.165, 1.54) is 0 Å². The summed E-state index contributed by atoms with van der Waals surface area (Å²) in [6, 6.07) is 0. The van der Waals surface area contributed by atoms with Gasteiger partial charge in [-0.3, -0.25) is 0 Å². The summed E-state index contributed by atoms with van der Waals surface area (Å²) in [5.74, 6) is -0.358. The SMILES string of the molecule is Cc1n[c]([Na])c2c(c1O)COC(C)(C)OC2. The molecule has 16 heavy (non-hydrogen) atoms. The van der Waals surface area contributed by atoms with E-state index in [9.17, 15) is 5.11 Å². The molecule has 82 valence electrons. The van der Waals surface area contributed by atoms with E-state index in [4.69, 9.17) is 9.47 Å². The molecule has 0 saturated heterocycles. The number of ether oxygens (including phenoxy) is 2. The van der Waals surface area contributed by atoms with Gasteiger partial charge in [0, 0.05) is 0 Å². The number of pyridine rings is 1. The van der Waals surface area contributed by atoms with E-state index in [-0.39, 0.29) is 5.75 Å². The molecule has 0 atom stereocenters. The van der Waals surface area contributed by atoms with Crippen molar-refractivity contribution in [2.24, 2.45) is 0 Å². The van der Waals surface area contributed by atoms with Gasteiger partial charge in [0.1, 0.15) is 0 Å². The van der Waals surface area contributed by atoms with Crippen molar-refractivity contribution in [2.45, 2.75) is 39.8 Å². The van der Waals surface area contributed by atoms with Gasteiger partial charge in [0.2, 0.25) is 0 Å². The Hall–Kier alpha value is -0.130. The first-order valence-corrected chi connectivity index (χ1v) is 6.36. The molecule has 4 nitrogen and oxygen atoms in total. The predicted octanol–water partition coefficient (Wildman–Crippen LogP) is 0.672. The van der Waals surface area contributed by atoms with Crippen LogP contribution < -0.4 is 2.94 Å². The summed E-state index contributed by atoms with van der Waals surface area (Å²) in [5, 5.41) is 9.98. The van der Waals surface area contributed by atoms with Gasteiger partial charge in [-0.05, 0) is 0 Å². The molecule has 1 aliphatic heterocycles. The standard InChI is InChI=1S/C11H14NO3.Na/c1-7-10(13)9-6-15-11(2,3)14-5-8(9)4-12-7;/h13H,5-6H2,1-3H3;. The first-order valence-electron chi connectivity index (χ1n) is 5.36. The molecule has 0 unspecified atom stereocenters. The molecule has 2 rings (SSSR count). The van der Waals surface area contributed by atoms with Crippen LogP contribution in [0.2, 0.25) is 0 Å². The summed E-state index contributed by atoms with van der Waals surface area (Å²) in [6.07, 6.45) is 0. The Labute approximate surface area is 112 Å². The minimum absolute atomic E-state index is 0.246. The molecular weight excluding hydrogens is 217 g/mol. The summed E-state index contributed by atoms with van der Waals surface area (Å²) in [5.41, 5.74) is 2.51. The number of aromatic nitrogens is 1. The summed E-state index contributed by atoms with van der Waals surface area (Å²) in [4.78, 5) is 4.35.